The molecule has 2 rings (SSSR count). The van der Waals surface area contributed by atoms with Crippen molar-refractivity contribution in [3.05, 3.63) is 52.0 Å². The van der Waals surface area contributed by atoms with Crippen LogP contribution in [-0.2, 0) is 0 Å². The molecular weight excluding hydrogens is 299 g/mol. The van der Waals surface area contributed by atoms with Crippen molar-refractivity contribution in [1.29, 1.82) is 0 Å². The van der Waals surface area contributed by atoms with E-state index in [-0.39, 0.29) is 5.91 Å². The molecule has 0 saturated heterocycles. The largest absolute Gasteiger partial charge is 0.495 e. The van der Waals surface area contributed by atoms with Gasteiger partial charge >= 0.3 is 0 Å². The number of benzene rings is 2. The number of anilines is 2. The lowest BCUT2D eigenvalue weighted by Gasteiger charge is -2.09. The molecule has 6 heteroatoms. The molecular formula is C14H12Cl2N2O2. The van der Waals surface area contributed by atoms with Gasteiger partial charge in [-0.05, 0) is 30.3 Å². The summed E-state index contributed by atoms with van der Waals surface area (Å²) in [6.45, 7) is 0. The van der Waals surface area contributed by atoms with E-state index in [1.54, 1.807) is 30.3 Å². The Balaban J connectivity index is 2.21. The third kappa shape index (κ3) is 3.15. The number of rotatable bonds is 3. The molecule has 0 aliphatic carbocycles. The summed E-state index contributed by atoms with van der Waals surface area (Å²) in [6.07, 6.45) is 0. The minimum Gasteiger partial charge on any atom is -0.495 e. The molecule has 0 spiro atoms. The number of nitrogens with two attached hydrogens (primary N) is 1. The van der Waals surface area contributed by atoms with Gasteiger partial charge < -0.3 is 15.8 Å². The first-order valence-electron chi connectivity index (χ1n) is 5.71. The van der Waals surface area contributed by atoms with Crippen molar-refractivity contribution in [2.45, 2.75) is 0 Å². The zero-order valence-corrected chi connectivity index (χ0v) is 12.1. The monoisotopic (exact) mass is 310 g/mol. The summed E-state index contributed by atoms with van der Waals surface area (Å²) in [6, 6.07) is 9.66. The Labute approximate surface area is 126 Å². The normalized spacial score (nSPS) is 10.2. The summed E-state index contributed by atoms with van der Waals surface area (Å²) in [5.74, 6) is 0.191. The molecule has 0 heterocycles. The number of carbonyl (C=O) groups is 1. The van der Waals surface area contributed by atoms with Gasteiger partial charge in [0.15, 0.2) is 0 Å². The predicted molar refractivity (Wildman–Crippen MR) is 81.8 cm³/mol. The van der Waals surface area contributed by atoms with Crippen LogP contribution in [0.2, 0.25) is 10.0 Å². The second kappa shape index (κ2) is 6.03. The summed E-state index contributed by atoms with van der Waals surface area (Å²) in [4.78, 5) is 12.1. The molecule has 0 aliphatic heterocycles. The van der Waals surface area contributed by atoms with Crippen LogP contribution in [0.3, 0.4) is 0 Å². The Morgan fingerprint density at radius 3 is 2.55 bits per heavy atom. The van der Waals surface area contributed by atoms with Gasteiger partial charge in [0.05, 0.1) is 22.8 Å². The van der Waals surface area contributed by atoms with Crippen LogP contribution in [0.5, 0.6) is 5.75 Å². The molecule has 0 unspecified atom stereocenters. The standard InChI is InChI=1S/C14H12Cl2N2O2/c1-20-13-7-9(3-4-10(13)15)18-14(19)8-2-5-12(17)11(16)6-8/h2-7H,17H2,1H3,(H,18,19). The average molecular weight is 311 g/mol. The number of carbonyl (C=O) groups excluding carboxylic acids is 1. The van der Waals surface area contributed by atoms with E-state index in [9.17, 15) is 4.79 Å². The summed E-state index contributed by atoms with van der Waals surface area (Å²) < 4.78 is 5.09. The quantitative estimate of drug-likeness (QED) is 0.847. The van der Waals surface area contributed by atoms with Gasteiger partial charge in [-0.25, -0.2) is 0 Å². The molecule has 4 nitrogen and oxygen atoms in total. The van der Waals surface area contributed by atoms with Crippen molar-refractivity contribution in [2.24, 2.45) is 0 Å². The predicted octanol–water partition coefficient (Wildman–Crippen LogP) is 3.84. The number of ether oxygens (including phenoxy) is 1. The van der Waals surface area contributed by atoms with E-state index in [2.05, 4.69) is 5.32 Å². The summed E-state index contributed by atoms with van der Waals surface area (Å²) in [5, 5.41) is 3.54. The van der Waals surface area contributed by atoms with Crippen molar-refractivity contribution in [2.75, 3.05) is 18.2 Å². The Morgan fingerprint density at radius 1 is 1.15 bits per heavy atom. The topological polar surface area (TPSA) is 64.3 Å². The molecule has 3 N–H and O–H groups in total. The Hall–Kier alpha value is -1.91. The zero-order valence-electron chi connectivity index (χ0n) is 10.6. The molecule has 2 aromatic rings. The van der Waals surface area contributed by atoms with Gasteiger partial charge in [0.1, 0.15) is 5.75 Å². The van der Waals surface area contributed by atoms with E-state index in [0.29, 0.717) is 32.7 Å². The fraction of sp³-hybridized carbons (Fsp3) is 0.0714. The van der Waals surface area contributed by atoms with Gasteiger partial charge in [-0.3, -0.25) is 4.79 Å². The first kappa shape index (κ1) is 14.5. The zero-order chi connectivity index (χ0) is 14.7. The van der Waals surface area contributed by atoms with Crippen LogP contribution in [-0.4, -0.2) is 13.0 Å². The third-order valence-corrected chi connectivity index (χ3v) is 3.31. The van der Waals surface area contributed by atoms with E-state index < -0.39 is 0 Å². The number of hydrogen-bond acceptors (Lipinski definition) is 3. The first-order chi connectivity index (χ1) is 9.51. The van der Waals surface area contributed by atoms with Gasteiger partial charge in [0, 0.05) is 17.3 Å². The highest BCUT2D eigenvalue weighted by molar-refractivity contribution is 6.33. The van der Waals surface area contributed by atoms with Crippen molar-refractivity contribution in [1.82, 2.24) is 0 Å². The Bertz CT molecular complexity index is 660. The number of hydrogen-bond donors (Lipinski definition) is 2. The number of halogens is 2. The molecule has 0 radical (unpaired) electrons. The van der Waals surface area contributed by atoms with Crippen LogP contribution >= 0.6 is 23.2 Å². The van der Waals surface area contributed by atoms with E-state index in [1.807, 2.05) is 0 Å². The number of nitrogens with one attached hydrogen (secondary N) is 1. The van der Waals surface area contributed by atoms with Crippen LogP contribution in [0.4, 0.5) is 11.4 Å². The molecule has 1 amide bonds. The van der Waals surface area contributed by atoms with Crippen LogP contribution in [0.15, 0.2) is 36.4 Å². The lowest BCUT2D eigenvalue weighted by Crippen LogP contribution is -2.12. The van der Waals surface area contributed by atoms with Crippen LogP contribution in [0, 0.1) is 0 Å². The molecule has 2 aromatic carbocycles. The number of nitrogen functional groups attached to an aromatic ring is 1. The molecule has 0 atom stereocenters. The highest BCUT2D eigenvalue weighted by Gasteiger charge is 2.09. The Kier molecular flexibility index (Phi) is 4.37. The maximum atomic E-state index is 12.1. The summed E-state index contributed by atoms with van der Waals surface area (Å²) in [7, 11) is 1.51. The number of amides is 1. The Morgan fingerprint density at radius 2 is 1.90 bits per heavy atom. The van der Waals surface area contributed by atoms with E-state index >= 15 is 0 Å². The smallest absolute Gasteiger partial charge is 0.255 e. The van der Waals surface area contributed by atoms with E-state index in [4.69, 9.17) is 33.7 Å². The molecule has 20 heavy (non-hydrogen) atoms. The van der Waals surface area contributed by atoms with Crippen LogP contribution < -0.4 is 15.8 Å². The van der Waals surface area contributed by atoms with E-state index in [0.717, 1.165) is 0 Å². The second-order valence-electron chi connectivity index (χ2n) is 4.04. The summed E-state index contributed by atoms with van der Waals surface area (Å²) in [5.41, 5.74) is 7.02. The molecule has 0 fully saturated rings. The molecule has 0 saturated carbocycles. The molecule has 0 aromatic heterocycles. The highest BCUT2D eigenvalue weighted by atomic mass is 35.5. The van der Waals surface area contributed by atoms with Gasteiger partial charge in [-0.1, -0.05) is 23.2 Å². The minimum atomic E-state index is -0.295. The fourth-order valence-corrected chi connectivity index (χ4v) is 1.98. The number of methoxy groups -OCH3 is 1. The molecule has 0 bridgehead atoms. The van der Waals surface area contributed by atoms with Crippen molar-refractivity contribution < 1.29 is 9.53 Å². The molecule has 104 valence electrons. The van der Waals surface area contributed by atoms with Crippen molar-refractivity contribution in [3.63, 3.8) is 0 Å². The SMILES string of the molecule is COc1cc(NC(=O)c2ccc(N)c(Cl)c2)ccc1Cl. The lowest BCUT2D eigenvalue weighted by atomic mass is 10.2. The van der Waals surface area contributed by atoms with Crippen LogP contribution in [0.1, 0.15) is 10.4 Å². The van der Waals surface area contributed by atoms with Crippen LogP contribution in [0.25, 0.3) is 0 Å². The van der Waals surface area contributed by atoms with Gasteiger partial charge in [0.25, 0.3) is 5.91 Å². The lowest BCUT2D eigenvalue weighted by molar-refractivity contribution is 0.102. The minimum absolute atomic E-state index is 0.295. The van der Waals surface area contributed by atoms with Gasteiger partial charge in [0.2, 0.25) is 0 Å². The van der Waals surface area contributed by atoms with Gasteiger partial charge in [-0.15, -0.1) is 0 Å². The second-order valence-corrected chi connectivity index (χ2v) is 4.85. The molecule has 0 aliphatic rings. The average Bonchev–Trinajstić information content (AvgIpc) is 2.43. The maximum absolute atomic E-state index is 12.1. The third-order valence-electron chi connectivity index (χ3n) is 2.67. The van der Waals surface area contributed by atoms with Gasteiger partial charge in [-0.2, -0.15) is 0 Å². The van der Waals surface area contributed by atoms with E-state index in [1.165, 1.54) is 13.2 Å². The highest BCUT2D eigenvalue weighted by Crippen LogP contribution is 2.28. The summed E-state index contributed by atoms with van der Waals surface area (Å²) >= 11 is 11.8. The van der Waals surface area contributed by atoms with Crippen molar-refractivity contribution in [3.8, 4) is 5.75 Å². The van der Waals surface area contributed by atoms with Crippen molar-refractivity contribution >= 4 is 40.5 Å². The first-order valence-corrected chi connectivity index (χ1v) is 6.47. The fourth-order valence-electron chi connectivity index (χ4n) is 1.61. The maximum Gasteiger partial charge on any atom is 0.255 e.